The van der Waals surface area contributed by atoms with Gasteiger partial charge in [-0.1, -0.05) is 24.3 Å². The van der Waals surface area contributed by atoms with Crippen molar-refractivity contribution in [1.29, 1.82) is 0 Å². The van der Waals surface area contributed by atoms with E-state index in [2.05, 4.69) is 17.0 Å². The molecule has 0 saturated carbocycles. The second-order valence-corrected chi connectivity index (χ2v) is 5.50. The summed E-state index contributed by atoms with van der Waals surface area (Å²) < 4.78 is 24.3. The van der Waals surface area contributed by atoms with Crippen molar-refractivity contribution in [2.45, 2.75) is 12.6 Å². The number of hydrogen-bond acceptors (Lipinski definition) is 3. The summed E-state index contributed by atoms with van der Waals surface area (Å²) >= 11 is 0. The van der Waals surface area contributed by atoms with Crippen molar-refractivity contribution in [1.82, 2.24) is 4.90 Å². The Labute approximate surface area is 130 Å². The van der Waals surface area contributed by atoms with Gasteiger partial charge in [-0.2, -0.15) is 0 Å². The van der Waals surface area contributed by atoms with Gasteiger partial charge in [-0.3, -0.25) is 4.90 Å². The molecule has 116 valence electrons. The Morgan fingerprint density at radius 3 is 2.77 bits per heavy atom. The van der Waals surface area contributed by atoms with Crippen molar-refractivity contribution in [3.05, 3.63) is 65.5 Å². The molecule has 3 rings (SSSR count). The third-order valence-corrected chi connectivity index (χ3v) is 3.94. The molecule has 0 bridgehead atoms. The first kappa shape index (κ1) is 15.0. The Kier molecular flexibility index (Phi) is 4.71. The van der Waals surface area contributed by atoms with Crippen LogP contribution in [0, 0.1) is 5.82 Å². The van der Waals surface area contributed by atoms with Gasteiger partial charge in [-0.25, -0.2) is 4.39 Å². The molecule has 1 atom stereocenters. The quantitative estimate of drug-likeness (QED) is 0.864. The van der Waals surface area contributed by atoms with E-state index in [4.69, 9.17) is 9.47 Å². The van der Waals surface area contributed by atoms with Gasteiger partial charge in [0, 0.05) is 19.6 Å². The summed E-state index contributed by atoms with van der Waals surface area (Å²) in [5.74, 6) is 0.650. The number of nitrogens with zero attached hydrogens (tertiary/aromatic N) is 1. The van der Waals surface area contributed by atoms with Gasteiger partial charge in [-0.15, -0.1) is 0 Å². The first-order valence-electron chi connectivity index (χ1n) is 7.47. The van der Waals surface area contributed by atoms with Crippen molar-refractivity contribution in [2.24, 2.45) is 0 Å². The van der Waals surface area contributed by atoms with Crippen LogP contribution in [-0.4, -0.2) is 31.7 Å². The van der Waals surface area contributed by atoms with E-state index in [-0.39, 0.29) is 11.9 Å². The lowest BCUT2D eigenvalue weighted by Crippen LogP contribution is -2.37. The molecule has 0 N–H and O–H groups in total. The van der Waals surface area contributed by atoms with Crippen LogP contribution >= 0.6 is 0 Å². The lowest BCUT2D eigenvalue weighted by Gasteiger charge is -2.33. The minimum atomic E-state index is -0.214. The van der Waals surface area contributed by atoms with Crippen LogP contribution in [0.4, 0.5) is 4.39 Å². The van der Waals surface area contributed by atoms with Gasteiger partial charge in [0.15, 0.2) is 0 Å². The molecule has 3 nitrogen and oxygen atoms in total. The highest BCUT2D eigenvalue weighted by molar-refractivity contribution is 5.27. The van der Waals surface area contributed by atoms with Gasteiger partial charge in [0.2, 0.25) is 0 Å². The van der Waals surface area contributed by atoms with Gasteiger partial charge < -0.3 is 9.47 Å². The summed E-state index contributed by atoms with van der Waals surface area (Å²) in [4.78, 5) is 2.33. The van der Waals surface area contributed by atoms with Gasteiger partial charge in [0.05, 0.1) is 19.8 Å². The number of ether oxygens (including phenoxy) is 2. The third kappa shape index (κ3) is 3.64. The van der Waals surface area contributed by atoms with Crippen LogP contribution in [0.5, 0.6) is 5.75 Å². The maximum absolute atomic E-state index is 13.4. The van der Waals surface area contributed by atoms with Gasteiger partial charge in [0.1, 0.15) is 11.6 Å². The van der Waals surface area contributed by atoms with Gasteiger partial charge >= 0.3 is 0 Å². The molecular formula is C18H20FNO2. The maximum Gasteiger partial charge on any atom is 0.123 e. The molecule has 22 heavy (non-hydrogen) atoms. The molecular weight excluding hydrogens is 281 g/mol. The second-order valence-electron chi connectivity index (χ2n) is 5.50. The largest absolute Gasteiger partial charge is 0.497 e. The summed E-state index contributed by atoms with van der Waals surface area (Å²) in [6, 6.07) is 14.8. The Bertz CT molecular complexity index is 615. The molecule has 2 aromatic rings. The normalized spacial score (nSPS) is 19.1. The van der Waals surface area contributed by atoms with Crippen LogP contribution < -0.4 is 4.74 Å². The molecule has 0 aromatic heterocycles. The van der Waals surface area contributed by atoms with Crippen LogP contribution in [0.25, 0.3) is 0 Å². The lowest BCUT2D eigenvalue weighted by atomic mass is 10.1. The van der Waals surface area contributed by atoms with Crippen molar-refractivity contribution in [2.75, 3.05) is 26.8 Å². The third-order valence-electron chi connectivity index (χ3n) is 3.94. The number of morpholine rings is 1. The van der Waals surface area contributed by atoms with Crippen LogP contribution in [0.2, 0.25) is 0 Å². The minimum Gasteiger partial charge on any atom is -0.497 e. The lowest BCUT2D eigenvalue weighted by molar-refractivity contribution is -0.0330. The summed E-state index contributed by atoms with van der Waals surface area (Å²) in [5.41, 5.74) is 2.14. The molecule has 1 heterocycles. The summed E-state index contributed by atoms with van der Waals surface area (Å²) in [6.07, 6.45) is -0.0669. The van der Waals surface area contributed by atoms with Crippen molar-refractivity contribution in [3.63, 3.8) is 0 Å². The topological polar surface area (TPSA) is 21.7 Å². The smallest absolute Gasteiger partial charge is 0.123 e. The minimum absolute atomic E-state index is 0.0669. The summed E-state index contributed by atoms with van der Waals surface area (Å²) in [5, 5.41) is 0. The predicted octanol–water partition coefficient (Wildman–Crippen LogP) is 3.41. The Balaban J connectivity index is 1.65. The number of methoxy groups -OCH3 is 1. The van der Waals surface area contributed by atoms with Crippen molar-refractivity contribution >= 4 is 0 Å². The number of halogens is 1. The Morgan fingerprint density at radius 1 is 1.23 bits per heavy atom. The molecule has 2 aromatic carbocycles. The number of rotatable bonds is 4. The monoisotopic (exact) mass is 301 g/mol. The molecule has 0 amide bonds. The molecule has 1 aliphatic heterocycles. The van der Waals surface area contributed by atoms with Crippen LogP contribution in [0.3, 0.4) is 0 Å². The van der Waals surface area contributed by atoms with Crippen molar-refractivity contribution < 1.29 is 13.9 Å². The average molecular weight is 301 g/mol. The first-order chi connectivity index (χ1) is 10.7. The fourth-order valence-electron chi connectivity index (χ4n) is 2.74. The SMILES string of the molecule is COc1ccc(CN2CCO[C@H](c3cccc(F)c3)C2)cc1. The molecule has 0 unspecified atom stereocenters. The van der Waals surface area contributed by atoms with Crippen LogP contribution in [-0.2, 0) is 11.3 Å². The van der Waals surface area contributed by atoms with E-state index in [9.17, 15) is 4.39 Å². The van der Waals surface area contributed by atoms with Crippen LogP contribution in [0.1, 0.15) is 17.2 Å². The molecule has 0 radical (unpaired) electrons. The van der Waals surface area contributed by atoms with E-state index in [1.54, 1.807) is 19.2 Å². The van der Waals surface area contributed by atoms with E-state index < -0.39 is 0 Å². The van der Waals surface area contributed by atoms with Crippen LogP contribution in [0.15, 0.2) is 48.5 Å². The standard InChI is InChI=1S/C18H20FNO2/c1-21-17-7-5-14(6-8-17)12-20-9-10-22-18(13-20)15-3-2-4-16(19)11-15/h2-8,11,18H,9-10,12-13H2,1H3/t18-/m0/s1. The van der Waals surface area contributed by atoms with Crippen molar-refractivity contribution in [3.8, 4) is 5.75 Å². The summed E-state index contributed by atoms with van der Waals surface area (Å²) in [7, 11) is 1.67. The van der Waals surface area contributed by atoms with E-state index in [0.29, 0.717) is 6.61 Å². The zero-order valence-electron chi connectivity index (χ0n) is 12.7. The Hall–Kier alpha value is -1.91. The number of hydrogen-bond donors (Lipinski definition) is 0. The molecule has 1 saturated heterocycles. The molecule has 0 aliphatic carbocycles. The fourth-order valence-corrected chi connectivity index (χ4v) is 2.74. The first-order valence-corrected chi connectivity index (χ1v) is 7.47. The summed E-state index contributed by atoms with van der Waals surface area (Å²) in [6.45, 7) is 3.18. The van der Waals surface area contributed by atoms with Gasteiger partial charge in [0.25, 0.3) is 0 Å². The molecule has 1 aliphatic rings. The van der Waals surface area contributed by atoms with Gasteiger partial charge in [-0.05, 0) is 35.4 Å². The predicted molar refractivity (Wildman–Crippen MR) is 83.4 cm³/mol. The Morgan fingerprint density at radius 2 is 2.05 bits per heavy atom. The highest BCUT2D eigenvalue weighted by atomic mass is 19.1. The molecule has 4 heteroatoms. The maximum atomic E-state index is 13.4. The number of benzene rings is 2. The zero-order chi connectivity index (χ0) is 15.4. The fraction of sp³-hybridized carbons (Fsp3) is 0.333. The zero-order valence-corrected chi connectivity index (χ0v) is 12.7. The molecule has 0 spiro atoms. The average Bonchev–Trinajstić information content (AvgIpc) is 2.56. The highest BCUT2D eigenvalue weighted by Gasteiger charge is 2.22. The second kappa shape index (κ2) is 6.90. The highest BCUT2D eigenvalue weighted by Crippen LogP contribution is 2.24. The van der Waals surface area contributed by atoms with E-state index in [1.165, 1.54) is 11.6 Å². The van der Waals surface area contributed by atoms with E-state index in [0.717, 1.165) is 30.9 Å². The van der Waals surface area contributed by atoms with E-state index >= 15 is 0 Å². The van der Waals surface area contributed by atoms with E-state index in [1.807, 2.05) is 18.2 Å². The molecule has 1 fully saturated rings.